The van der Waals surface area contributed by atoms with E-state index in [0.717, 1.165) is 16.3 Å². The van der Waals surface area contributed by atoms with Crippen LogP contribution in [0.15, 0.2) is 48.9 Å². The van der Waals surface area contributed by atoms with Gasteiger partial charge in [0.15, 0.2) is 0 Å². The molecule has 1 aliphatic rings. The Morgan fingerprint density at radius 2 is 2.00 bits per heavy atom. The zero-order valence-electron chi connectivity index (χ0n) is 16.5. The van der Waals surface area contributed by atoms with E-state index in [4.69, 9.17) is 20.9 Å². The molecule has 4 aromatic rings. The van der Waals surface area contributed by atoms with Gasteiger partial charge in [-0.1, -0.05) is 0 Å². The van der Waals surface area contributed by atoms with Crippen LogP contribution in [-0.4, -0.2) is 38.8 Å². The molecular weight excluding hydrogens is 403 g/mol. The number of nitrogen functional groups attached to an aromatic ring is 2. The van der Waals surface area contributed by atoms with E-state index in [9.17, 15) is 4.53 Å². The minimum atomic E-state index is -0.373. The Labute approximate surface area is 176 Å². The maximum atomic E-state index is 12.7. The normalized spacial score (nSPS) is 21.1. The molecule has 10 heteroatoms. The molecule has 0 aliphatic carbocycles. The third-order valence-corrected chi connectivity index (χ3v) is 5.59. The molecule has 0 radical (unpaired) electrons. The topological polar surface area (TPSA) is 123 Å². The molecule has 1 saturated heterocycles. The highest BCUT2D eigenvalue weighted by molar-refractivity contribution is 5.86. The van der Waals surface area contributed by atoms with Crippen molar-refractivity contribution in [2.45, 2.75) is 18.8 Å². The van der Waals surface area contributed by atoms with Crippen molar-refractivity contribution in [2.75, 3.05) is 24.7 Å². The van der Waals surface area contributed by atoms with E-state index < -0.39 is 0 Å². The zero-order chi connectivity index (χ0) is 21.4. The molecule has 1 aromatic carbocycles. The molecule has 1 fully saturated rings. The van der Waals surface area contributed by atoms with Crippen LogP contribution in [0.1, 0.15) is 12.6 Å². The quantitative estimate of drug-likeness (QED) is 0.484. The summed E-state index contributed by atoms with van der Waals surface area (Å²) in [5.74, 6) is 1.27. The summed E-state index contributed by atoms with van der Waals surface area (Å²) in [6.07, 6.45) is 3.07. The predicted molar refractivity (Wildman–Crippen MR) is 113 cm³/mol. The number of aromatic nitrogens is 4. The second kappa shape index (κ2) is 7.97. The summed E-state index contributed by atoms with van der Waals surface area (Å²) in [4.78, 5) is 16.6. The highest BCUT2D eigenvalue weighted by Gasteiger charge is 2.37. The zero-order valence-corrected chi connectivity index (χ0v) is 16.5. The maximum Gasteiger partial charge on any atom is 0.147 e. The van der Waals surface area contributed by atoms with Crippen molar-refractivity contribution in [3.8, 4) is 5.75 Å². The van der Waals surface area contributed by atoms with E-state index in [1.165, 1.54) is 6.33 Å². The van der Waals surface area contributed by atoms with Crippen LogP contribution in [-0.2, 0) is 9.68 Å². The van der Waals surface area contributed by atoms with Crippen LogP contribution in [0, 0.1) is 5.92 Å². The summed E-state index contributed by atoms with van der Waals surface area (Å²) in [6, 6.07) is 11.1. The SMILES string of the molecule is Nc1ccc2ccc(OCC3OC(n4ccc5c(N)ncnc54)CC3COF)cc2n1. The van der Waals surface area contributed by atoms with Gasteiger partial charge in [0.1, 0.15) is 42.2 Å². The molecule has 0 amide bonds. The monoisotopic (exact) mass is 424 g/mol. The Hall–Kier alpha value is -3.50. The van der Waals surface area contributed by atoms with Crippen molar-refractivity contribution in [1.29, 1.82) is 0 Å². The number of hydrogen-bond acceptors (Lipinski definition) is 8. The molecule has 1 aliphatic heterocycles. The minimum Gasteiger partial charge on any atom is -0.491 e. The first-order valence-corrected chi connectivity index (χ1v) is 9.87. The number of fused-ring (bicyclic) bond motifs is 2. The minimum absolute atomic E-state index is 0.0866. The summed E-state index contributed by atoms with van der Waals surface area (Å²) in [7, 11) is 0. The predicted octanol–water partition coefficient (Wildman–Crippen LogP) is 3.03. The second-order valence-electron chi connectivity index (χ2n) is 7.52. The lowest BCUT2D eigenvalue weighted by Gasteiger charge is -2.18. The molecule has 0 saturated carbocycles. The smallest absolute Gasteiger partial charge is 0.147 e. The Kier molecular flexibility index (Phi) is 5.00. The van der Waals surface area contributed by atoms with Crippen molar-refractivity contribution in [1.82, 2.24) is 19.5 Å². The third-order valence-electron chi connectivity index (χ3n) is 5.59. The lowest BCUT2D eigenvalue weighted by molar-refractivity contribution is -0.152. The first-order valence-electron chi connectivity index (χ1n) is 9.87. The van der Waals surface area contributed by atoms with Gasteiger partial charge in [-0.25, -0.2) is 15.0 Å². The van der Waals surface area contributed by atoms with Crippen molar-refractivity contribution in [2.24, 2.45) is 5.92 Å². The van der Waals surface area contributed by atoms with Crippen LogP contribution in [0.3, 0.4) is 0 Å². The van der Waals surface area contributed by atoms with Crippen LogP contribution in [0.5, 0.6) is 5.75 Å². The van der Waals surface area contributed by atoms with Crippen molar-refractivity contribution >= 4 is 33.6 Å². The molecule has 3 atom stereocenters. The molecule has 3 unspecified atom stereocenters. The number of halogens is 1. The largest absolute Gasteiger partial charge is 0.491 e. The van der Waals surface area contributed by atoms with Crippen LogP contribution >= 0.6 is 0 Å². The second-order valence-corrected chi connectivity index (χ2v) is 7.52. The molecule has 160 valence electrons. The standard InChI is InChI=1S/C21H21FN6O3/c22-30-9-13-7-19(28-6-5-15-20(24)25-11-26-21(15)28)31-17(13)10-29-14-3-1-12-2-4-18(23)27-16(12)8-14/h1-6,8,11,13,17,19H,7,9-10H2,(H2,23,27)(H2,24,25,26). The lowest BCUT2D eigenvalue weighted by Crippen LogP contribution is -2.26. The number of nitrogens with zero attached hydrogens (tertiary/aromatic N) is 4. The Morgan fingerprint density at radius 1 is 1.13 bits per heavy atom. The molecule has 0 spiro atoms. The Morgan fingerprint density at radius 3 is 2.87 bits per heavy atom. The fourth-order valence-corrected chi connectivity index (χ4v) is 3.99. The summed E-state index contributed by atoms with van der Waals surface area (Å²) < 4.78 is 26.7. The highest BCUT2D eigenvalue weighted by Crippen LogP contribution is 2.36. The van der Waals surface area contributed by atoms with Gasteiger partial charge in [0, 0.05) is 30.0 Å². The third kappa shape index (κ3) is 3.71. The van der Waals surface area contributed by atoms with Crippen LogP contribution < -0.4 is 16.2 Å². The average Bonchev–Trinajstić information content (AvgIpc) is 3.37. The van der Waals surface area contributed by atoms with Crippen molar-refractivity contribution in [3.05, 3.63) is 48.9 Å². The van der Waals surface area contributed by atoms with Crippen LogP contribution in [0.4, 0.5) is 16.2 Å². The number of ether oxygens (including phenoxy) is 2. The number of rotatable bonds is 6. The summed E-state index contributed by atoms with van der Waals surface area (Å²) in [5.41, 5.74) is 13.1. The molecule has 5 rings (SSSR count). The van der Waals surface area contributed by atoms with Gasteiger partial charge < -0.3 is 25.5 Å². The van der Waals surface area contributed by atoms with Gasteiger partial charge in [0.2, 0.25) is 0 Å². The van der Waals surface area contributed by atoms with Gasteiger partial charge in [-0.15, -0.1) is 0 Å². The average molecular weight is 424 g/mol. The van der Waals surface area contributed by atoms with Crippen molar-refractivity contribution < 1.29 is 18.9 Å². The number of nitrogens with two attached hydrogens (primary N) is 2. The molecule has 4 N–H and O–H groups in total. The van der Waals surface area contributed by atoms with Gasteiger partial charge in [0.25, 0.3) is 0 Å². The van der Waals surface area contributed by atoms with Crippen molar-refractivity contribution in [3.63, 3.8) is 0 Å². The molecule has 4 heterocycles. The molecule has 9 nitrogen and oxygen atoms in total. The summed E-state index contributed by atoms with van der Waals surface area (Å²) >= 11 is 0. The van der Waals surface area contributed by atoms with Gasteiger partial charge in [-0.3, -0.25) is 0 Å². The summed E-state index contributed by atoms with van der Waals surface area (Å²) in [5, 5.41) is 1.70. The lowest BCUT2D eigenvalue weighted by atomic mass is 10.0. The molecule has 31 heavy (non-hydrogen) atoms. The van der Waals surface area contributed by atoms with E-state index in [1.807, 2.05) is 41.1 Å². The summed E-state index contributed by atoms with van der Waals surface area (Å²) in [6.45, 7) is 0.144. The van der Waals surface area contributed by atoms with E-state index in [2.05, 4.69) is 19.9 Å². The van der Waals surface area contributed by atoms with E-state index >= 15 is 0 Å². The maximum absolute atomic E-state index is 12.7. The van der Waals surface area contributed by atoms with Gasteiger partial charge >= 0.3 is 0 Å². The first kappa shape index (κ1) is 19.5. The number of hydrogen-bond donors (Lipinski definition) is 2. The van der Waals surface area contributed by atoms with Gasteiger partial charge in [0.05, 0.1) is 23.6 Å². The number of pyridine rings is 1. The van der Waals surface area contributed by atoms with Gasteiger partial charge in [-0.05, 0) is 34.9 Å². The Bertz CT molecular complexity index is 1230. The highest BCUT2D eigenvalue weighted by atomic mass is 19.3. The fraction of sp³-hybridized carbons (Fsp3) is 0.286. The fourth-order valence-electron chi connectivity index (χ4n) is 3.99. The first-order chi connectivity index (χ1) is 15.1. The number of anilines is 2. The Balaban J connectivity index is 1.34. The molecule has 3 aromatic heterocycles. The number of benzene rings is 1. The van der Waals surface area contributed by atoms with E-state index in [-0.39, 0.29) is 31.5 Å². The van der Waals surface area contributed by atoms with Crippen LogP contribution in [0.2, 0.25) is 0 Å². The molecule has 0 bridgehead atoms. The van der Waals surface area contributed by atoms with Crippen LogP contribution in [0.25, 0.3) is 21.9 Å². The van der Waals surface area contributed by atoms with E-state index in [1.54, 1.807) is 6.07 Å². The molecular formula is C21H21FN6O3. The van der Waals surface area contributed by atoms with E-state index in [0.29, 0.717) is 29.5 Å². The van der Waals surface area contributed by atoms with Gasteiger partial charge in [-0.2, -0.15) is 4.94 Å².